The van der Waals surface area contributed by atoms with Crippen LogP contribution in [0.3, 0.4) is 0 Å². The van der Waals surface area contributed by atoms with Crippen molar-refractivity contribution >= 4 is 22.4 Å². The Kier molecular flexibility index (Phi) is 4.83. The molecule has 0 radical (unpaired) electrons. The molecule has 3 heterocycles. The lowest BCUT2D eigenvalue weighted by Gasteiger charge is -2.35. The molecule has 8 heteroatoms. The average Bonchev–Trinajstić information content (AvgIpc) is 3.39. The molecule has 134 valence electrons. The van der Waals surface area contributed by atoms with Gasteiger partial charge in [-0.05, 0) is 12.1 Å². The normalized spacial score (nSPS) is 15.5. The highest BCUT2D eigenvalue weighted by Crippen LogP contribution is 2.18. The number of rotatable bonds is 4. The molecule has 0 spiro atoms. The molecule has 0 bridgehead atoms. The molecule has 0 saturated carbocycles. The van der Waals surface area contributed by atoms with Crippen molar-refractivity contribution in [2.45, 2.75) is 6.54 Å². The molecule has 7 nitrogen and oxygen atoms in total. The number of aliphatic imine (C=N–C) groups is 1. The number of hydrogen-bond donors (Lipinski definition) is 1. The number of hydrogen-bond acceptors (Lipinski definition) is 5. The van der Waals surface area contributed by atoms with E-state index in [-0.39, 0.29) is 0 Å². The van der Waals surface area contributed by atoms with E-state index in [0.29, 0.717) is 12.5 Å². The standard InChI is InChI=1S/C18H21N7S/c19-17(23-7-9-24(10-8-23)18-20-6-11-26-18)21-12-15-13-22-25(14-15)16-4-2-1-3-5-16/h1-6,11,13-14H,7-10,12H2,(H2,19,21). The molecule has 0 atom stereocenters. The van der Waals surface area contributed by atoms with Crippen LogP contribution in [0.2, 0.25) is 0 Å². The van der Waals surface area contributed by atoms with E-state index in [2.05, 4.69) is 24.9 Å². The molecule has 1 aliphatic rings. The fraction of sp³-hybridized carbons (Fsp3) is 0.278. The van der Waals surface area contributed by atoms with Crippen LogP contribution in [0.15, 0.2) is 59.3 Å². The summed E-state index contributed by atoms with van der Waals surface area (Å²) in [6.45, 7) is 4.08. The molecule has 1 aliphatic heterocycles. The van der Waals surface area contributed by atoms with E-state index in [1.165, 1.54) is 0 Å². The fourth-order valence-electron chi connectivity index (χ4n) is 2.93. The second-order valence-corrected chi connectivity index (χ2v) is 6.96. The summed E-state index contributed by atoms with van der Waals surface area (Å²) in [5.41, 5.74) is 8.27. The van der Waals surface area contributed by atoms with E-state index in [4.69, 9.17) is 5.73 Å². The summed E-state index contributed by atoms with van der Waals surface area (Å²) in [7, 11) is 0. The first kappa shape index (κ1) is 16.6. The Morgan fingerprint density at radius 3 is 2.69 bits per heavy atom. The van der Waals surface area contributed by atoms with Crippen molar-refractivity contribution in [3.8, 4) is 5.69 Å². The van der Waals surface area contributed by atoms with Gasteiger partial charge in [-0.3, -0.25) is 0 Å². The topological polar surface area (TPSA) is 75.6 Å². The predicted molar refractivity (Wildman–Crippen MR) is 105 cm³/mol. The minimum absolute atomic E-state index is 0.533. The molecule has 26 heavy (non-hydrogen) atoms. The van der Waals surface area contributed by atoms with E-state index < -0.39 is 0 Å². The zero-order chi connectivity index (χ0) is 17.8. The SMILES string of the molecule is NC(=NCc1cnn(-c2ccccc2)c1)N1CCN(c2nccs2)CC1. The summed E-state index contributed by atoms with van der Waals surface area (Å²) in [5.74, 6) is 0.594. The number of benzene rings is 1. The van der Waals surface area contributed by atoms with Gasteiger partial charge in [0.2, 0.25) is 0 Å². The highest BCUT2D eigenvalue weighted by molar-refractivity contribution is 7.13. The van der Waals surface area contributed by atoms with Crippen molar-refractivity contribution < 1.29 is 0 Å². The van der Waals surface area contributed by atoms with Crippen LogP contribution in [-0.4, -0.2) is 51.8 Å². The minimum atomic E-state index is 0.533. The molecule has 1 aromatic carbocycles. The maximum atomic E-state index is 6.20. The summed E-state index contributed by atoms with van der Waals surface area (Å²) in [6, 6.07) is 10.0. The molecular formula is C18H21N7S. The number of nitrogens with zero attached hydrogens (tertiary/aromatic N) is 6. The third kappa shape index (κ3) is 3.70. The molecule has 1 saturated heterocycles. The summed E-state index contributed by atoms with van der Waals surface area (Å²) in [6.07, 6.45) is 5.68. The molecule has 2 aromatic heterocycles. The number of piperazine rings is 1. The van der Waals surface area contributed by atoms with E-state index in [0.717, 1.165) is 42.6 Å². The second kappa shape index (κ2) is 7.57. The second-order valence-electron chi connectivity index (χ2n) is 6.09. The zero-order valence-corrected chi connectivity index (χ0v) is 15.2. The van der Waals surface area contributed by atoms with Crippen molar-refractivity contribution in [1.82, 2.24) is 19.7 Å². The Balaban J connectivity index is 1.34. The molecule has 0 amide bonds. The first-order chi connectivity index (χ1) is 12.8. The molecule has 2 N–H and O–H groups in total. The lowest BCUT2D eigenvalue weighted by molar-refractivity contribution is 0.380. The smallest absolute Gasteiger partial charge is 0.191 e. The van der Waals surface area contributed by atoms with Gasteiger partial charge in [0.15, 0.2) is 11.1 Å². The monoisotopic (exact) mass is 367 g/mol. The summed E-state index contributed by atoms with van der Waals surface area (Å²) in [5, 5.41) is 7.48. The lowest BCUT2D eigenvalue weighted by atomic mass is 10.3. The Bertz CT molecular complexity index is 849. The molecule has 4 rings (SSSR count). The number of guanidine groups is 1. The van der Waals surface area contributed by atoms with Crippen molar-refractivity contribution in [2.75, 3.05) is 31.1 Å². The molecule has 0 unspecified atom stereocenters. The number of para-hydroxylation sites is 1. The van der Waals surface area contributed by atoms with Crippen molar-refractivity contribution in [3.63, 3.8) is 0 Å². The zero-order valence-electron chi connectivity index (χ0n) is 14.4. The van der Waals surface area contributed by atoms with Crippen molar-refractivity contribution in [2.24, 2.45) is 10.7 Å². The maximum Gasteiger partial charge on any atom is 0.191 e. The lowest BCUT2D eigenvalue weighted by Crippen LogP contribution is -2.51. The molecule has 1 fully saturated rings. The van der Waals surface area contributed by atoms with Crippen LogP contribution in [0.5, 0.6) is 0 Å². The van der Waals surface area contributed by atoms with E-state index in [1.807, 2.05) is 59.0 Å². The first-order valence-corrected chi connectivity index (χ1v) is 9.46. The highest BCUT2D eigenvalue weighted by Gasteiger charge is 2.19. The third-order valence-corrected chi connectivity index (χ3v) is 5.21. The van der Waals surface area contributed by atoms with E-state index >= 15 is 0 Å². The number of nitrogens with two attached hydrogens (primary N) is 1. The Hall–Kier alpha value is -2.87. The van der Waals surface area contributed by atoms with Gasteiger partial charge in [-0.25, -0.2) is 14.7 Å². The molecule has 0 aliphatic carbocycles. The van der Waals surface area contributed by atoms with Gasteiger partial charge >= 0.3 is 0 Å². The van der Waals surface area contributed by atoms with Crippen LogP contribution in [0.4, 0.5) is 5.13 Å². The van der Waals surface area contributed by atoms with Crippen LogP contribution < -0.4 is 10.6 Å². The largest absolute Gasteiger partial charge is 0.370 e. The number of anilines is 1. The van der Waals surface area contributed by atoms with Crippen LogP contribution in [-0.2, 0) is 6.54 Å². The predicted octanol–water partition coefficient (Wildman–Crippen LogP) is 1.97. The Morgan fingerprint density at radius 1 is 1.15 bits per heavy atom. The van der Waals surface area contributed by atoms with Gasteiger partial charge in [-0.1, -0.05) is 18.2 Å². The molecular weight excluding hydrogens is 346 g/mol. The molecule has 3 aromatic rings. The Morgan fingerprint density at radius 2 is 1.96 bits per heavy atom. The van der Waals surface area contributed by atoms with Crippen LogP contribution in [0.25, 0.3) is 5.69 Å². The maximum absolute atomic E-state index is 6.20. The summed E-state index contributed by atoms with van der Waals surface area (Å²) < 4.78 is 1.86. The van der Waals surface area contributed by atoms with Gasteiger partial charge < -0.3 is 15.5 Å². The van der Waals surface area contributed by atoms with Crippen molar-refractivity contribution in [3.05, 3.63) is 59.9 Å². The Labute approximate surface area is 156 Å². The average molecular weight is 367 g/mol. The highest BCUT2D eigenvalue weighted by atomic mass is 32.1. The van der Waals surface area contributed by atoms with Gasteiger partial charge in [0.25, 0.3) is 0 Å². The number of aromatic nitrogens is 3. The van der Waals surface area contributed by atoms with Gasteiger partial charge in [0, 0.05) is 49.5 Å². The van der Waals surface area contributed by atoms with Crippen molar-refractivity contribution in [1.29, 1.82) is 0 Å². The minimum Gasteiger partial charge on any atom is -0.370 e. The van der Waals surface area contributed by atoms with Crippen LogP contribution in [0.1, 0.15) is 5.56 Å². The first-order valence-electron chi connectivity index (χ1n) is 8.58. The quantitative estimate of drug-likeness (QED) is 0.564. The van der Waals surface area contributed by atoms with E-state index in [9.17, 15) is 0 Å². The van der Waals surface area contributed by atoms with E-state index in [1.54, 1.807) is 11.3 Å². The van der Waals surface area contributed by atoms with Gasteiger partial charge in [-0.2, -0.15) is 5.10 Å². The van der Waals surface area contributed by atoms with Crippen LogP contribution >= 0.6 is 11.3 Å². The van der Waals surface area contributed by atoms with Gasteiger partial charge in [-0.15, -0.1) is 11.3 Å². The van der Waals surface area contributed by atoms with Gasteiger partial charge in [0.1, 0.15) is 0 Å². The summed E-state index contributed by atoms with van der Waals surface area (Å²) in [4.78, 5) is 13.3. The fourth-order valence-corrected chi connectivity index (χ4v) is 3.63. The van der Waals surface area contributed by atoms with Crippen LogP contribution in [0, 0.1) is 0 Å². The summed E-state index contributed by atoms with van der Waals surface area (Å²) >= 11 is 1.67. The third-order valence-electron chi connectivity index (χ3n) is 4.37. The number of thiazole rings is 1. The van der Waals surface area contributed by atoms with Gasteiger partial charge in [0.05, 0.1) is 18.4 Å².